The van der Waals surface area contributed by atoms with Crippen LogP contribution in [0.25, 0.3) is 11.3 Å². The van der Waals surface area contributed by atoms with Gasteiger partial charge in [-0.05, 0) is 17.7 Å². The summed E-state index contributed by atoms with van der Waals surface area (Å²) < 4.78 is 44.1. The van der Waals surface area contributed by atoms with Crippen molar-refractivity contribution in [3.8, 4) is 22.8 Å². The first-order chi connectivity index (χ1) is 15.2. The van der Waals surface area contributed by atoms with Crippen LogP contribution in [0.5, 0.6) is 11.5 Å². The zero-order chi connectivity index (χ0) is 22.9. The lowest BCUT2D eigenvalue weighted by molar-refractivity contribution is -0.286. The summed E-state index contributed by atoms with van der Waals surface area (Å²) in [5, 5.41) is 2.52. The number of nitrogens with one attached hydrogen (secondary N) is 1. The fourth-order valence-corrected chi connectivity index (χ4v) is 3.76. The molecule has 0 spiro atoms. The maximum atomic E-state index is 13.5. The fourth-order valence-electron chi connectivity index (χ4n) is 3.20. The first kappa shape index (κ1) is 21.5. The number of ether oxygens (including phenoxy) is 2. The Hall–Kier alpha value is -3.73. The van der Waals surface area contributed by atoms with Crippen LogP contribution in [0.2, 0.25) is 0 Å². The number of ketones is 2. The van der Waals surface area contributed by atoms with E-state index in [4.69, 9.17) is 0 Å². The van der Waals surface area contributed by atoms with Crippen LogP contribution >= 0.6 is 11.7 Å². The molecule has 1 amide bonds. The highest BCUT2D eigenvalue weighted by Crippen LogP contribution is 2.47. The van der Waals surface area contributed by atoms with Gasteiger partial charge in [0, 0.05) is 13.3 Å². The third kappa shape index (κ3) is 4.33. The Morgan fingerprint density at radius 3 is 2.53 bits per heavy atom. The average molecular weight is 459 g/mol. The molecule has 1 N–H and O–H groups in total. The van der Waals surface area contributed by atoms with E-state index in [0.29, 0.717) is 11.7 Å². The van der Waals surface area contributed by atoms with Gasteiger partial charge in [0.05, 0.1) is 23.3 Å². The van der Waals surface area contributed by atoms with E-state index in [0.717, 1.165) is 12.5 Å². The molecule has 4 rings (SSSR count). The lowest BCUT2D eigenvalue weighted by Gasteiger charge is -2.16. The monoisotopic (exact) mass is 459 g/mol. The summed E-state index contributed by atoms with van der Waals surface area (Å²) >= 11 is 0.684. The van der Waals surface area contributed by atoms with Gasteiger partial charge < -0.3 is 14.8 Å². The van der Waals surface area contributed by atoms with Crippen molar-refractivity contribution in [2.24, 2.45) is 0 Å². The van der Waals surface area contributed by atoms with E-state index in [1.54, 1.807) is 30.3 Å². The Morgan fingerprint density at radius 2 is 1.81 bits per heavy atom. The topological polar surface area (TPSA) is 107 Å². The molecule has 1 aliphatic rings. The quantitative estimate of drug-likeness (QED) is 0.541. The van der Waals surface area contributed by atoms with Crippen LogP contribution in [0.3, 0.4) is 0 Å². The standard InChI is InChI=1S/C21H15F2N3O5S/c1-11(27)18(28)14(10-12-6-3-2-4-7-12)24-20(29)17-16(25-32-26-17)13-8-5-9-15-19(13)31-21(22,23)30-15/h2-9,14H,10H2,1H3,(H,24,29). The minimum absolute atomic E-state index is 0.0145. The molecule has 2 aromatic carbocycles. The minimum atomic E-state index is -3.85. The molecule has 164 valence electrons. The lowest BCUT2D eigenvalue weighted by atomic mass is 10.00. The summed E-state index contributed by atoms with van der Waals surface area (Å²) in [4.78, 5) is 37.1. The van der Waals surface area contributed by atoms with Crippen molar-refractivity contribution < 1.29 is 32.6 Å². The van der Waals surface area contributed by atoms with E-state index in [1.165, 1.54) is 18.2 Å². The van der Waals surface area contributed by atoms with Gasteiger partial charge in [0.15, 0.2) is 23.0 Å². The van der Waals surface area contributed by atoms with Crippen LogP contribution in [-0.4, -0.2) is 38.6 Å². The Bertz CT molecular complexity index is 1200. The van der Waals surface area contributed by atoms with Crippen molar-refractivity contribution in [2.75, 3.05) is 0 Å². The number of para-hydroxylation sites is 1. The highest BCUT2D eigenvalue weighted by molar-refractivity contribution is 6.99. The normalized spacial score (nSPS) is 14.6. The molecule has 0 bridgehead atoms. The second-order valence-electron chi connectivity index (χ2n) is 6.90. The number of hydrogen-bond acceptors (Lipinski definition) is 8. The number of benzene rings is 2. The third-order valence-corrected chi connectivity index (χ3v) is 5.17. The molecule has 11 heteroatoms. The highest BCUT2D eigenvalue weighted by Gasteiger charge is 2.45. The number of halogens is 2. The Morgan fingerprint density at radius 1 is 1.06 bits per heavy atom. The maximum absolute atomic E-state index is 13.5. The number of nitrogens with zero attached hydrogens (tertiary/aromatic N) is 2. The molecular formula is C21H15F2N3O5S. The minimum Gasteiger partial charge on any atom is -0.395 e. The first-order valence-electron chi connectivity index (χ1n) is 9.36. The van der Waals surface area contributed by atoms with Crippen molar-refractivity contribution >= 4 is 29.2 Å². The number of hydrogen-bond donors (Lipinski definition) is 1. The molecule has 3 aromatic rings. The van der Waals surface area contributed by atoms with Gasteiger partial charge in [0.2, 0.25) is 5.78 Å². The number of aromatic nitrogens is 2. The van der Waals surface area contributed by atoms with E-state index in [9.17, 15) is 23.2 Å². The van der Waals surface area contributed by atoms with Gasteiger partial charge in [-0.3, -0.25) is 14.4 Å². The summed E-state index contributed by atoms with van der Waals surface area (Å²) in [5.41, 5.74) is 0.602. The van der Waals surface area contributed by atoms with Gasteiger partial charge in [-0.1, -0.05) is 36.4 Å². The molecule has 0 saturated heterocycles. The highest BCUT2D eigenvalue weighted by atomic mass is 32.1. The predicted octanol–water partition coefficient (Wildman–Crippen LogP) is 3.03. The van der Waals surface area contributed by atoms with Gasteiger partial charge in [0.1, 0.15) is 5.69 Å². The Balaban J connectivity index is 1.63. The predicted molar refractivity (Wildman–Crippen MR) is 109 cm³/mol. The molecular weight excluding hydrogens is 444 g/mol. The van der Waals surface area contributed by atoms with Gasteiger partial charge in [-0.15, -0.1) is 8.78 Å². The molecule has 8 nitrogen and oxygen atoms in total. The molecule has 1 unspecified atom stereocenters. The van der Waals surface area contributed by atoms with Gasteiger partial charge in [0.25, 0.3) is 5.91 Å². The van der Waals surface area contributed by atoms with Crippen LogP contribution in [-0.2, 0) is 16.0 Å². The number of fused-ring (bicyclic) bond motifs is 1. The van der Waals surface area contributed by atoms with E-state index in [-0.39, 0.29) is 34.9 Å². The van der Waals surface area contributed by atoms with Crippen LogP contribution in [0.1, 0.15) is 23.0 Å². The first-order valence-corrected chi connectivity index (χ1v) is 10.1. The van der Waals surface area contributed by atoms with E-state index in [2.05, 4.69) is 23.5 Å². The van der Waals surface area contributed by atoms with Crippen molar-refractivity contribution in [2.45, 2.75) is 25.7 Å². The number of Topliss-reactive ketones (excluding diaryl/α,β-unsaturated/α-hetero) is 2. The van der Waals surface area contributed by atoms with Crippen molar-refractivity contribution in [1.29, 1.82) is 0 Å². The summed E-state index contributed by atoms with van der Waals surface area (Å²) in [6, 6.07) is 11.9. The molecule has 1 aliphatic heterocycles. The summed E-state index contributed by atoms with van der Waals surface area (Å²) in [6.45, 7) is 1.12. The Kier molecular flexibility index (Phi) is 5.66. The lowest BCUT2D eigenvalue weighted by Crippen LogP contribution is -2.45. The number of rotatable bonds is 7. The summed E-state index contributed by atoms with van der Waals surface area (Å²) in [7, 11) is 0. The van der Waals surface area contributed by atoms with Crippen LogP contribution in [0.4, 0.5) is 8.78 Å². The SMILES string of the molecule is CC(=O)C(=O)C(Cc1ccccc1)NC(=O)c1nsnc1-c1cccc2c1OC(F)(F)O2. The van der Waals surface area contributed by atoms with E-state index in [1.807, 2.05) is 0 Å². The third-order valence-electron chi connectivity index (χ3n) is 4.64. The average Bonchev–Trinajstić information content (AvgIpc) is 3.36. The second-order valence-corrected chi connectivity index (χ2v) is 7.43. The maximum Gasteiger partial charge on any atom is 0.586 e. The van der Waals surface area contributed by atoms with Gasteiger partial charge in [-0.2, -0.15) is 8.75 Å². The fraction of sp³-hybridized carbons (Fsp3) is 0.190. The molecule has 1 atom stereocenters. The number of carbonyl (C=O) groups is 3. The van der Waals surface area contributed by atoms with Gasteiger partial charge in [-0.25, -0.2) is 0 Å². The number of carbonyl (C=O) groups excluding carboxylic acids is 3. The molecule has 1 aromatic heterocycles. The zero-order valence-corrected chi connectivity index (χ0v) is 17.3. The number of amides is 1. The molecule has 0 fully saturated rings. The van der Waals surface area contributed by atoms with E-state index >= 15 is 0 Å². The van der Waals surface area contributed by atoms with E-state index < -0.39 is 29.8 Å². The molecule has 0 saturated carbocycles. The molecule has 32 heavy (non-hydrogen) atoms. The van der Waals surface area contributed by atoms with Crippen LogP contribution < -0.4 is 14.8 Å². The second kappa shape index (κ2) is 8.42. The summed E-state index contributed by atoms with van der Waals surface area (Å²) in [6.07, 6.45) is -3.76. The summed E-state index contributed by atoms with van der Waals surface area (Å²) in [5.74, 6) is -2.76. The van der Waals surface area contributed by atoms with Crippen molar-refractivity contribution in [1.82, 2.24) is 14.1 Å². The molecule has 0 aliphatic carbocycles. The molecule has 2 heterocycles. The van der Waals surface area contributed by atoms with Gasteiger partial charge >= 0.3 is 6.29 Å². The largest absolute Gasteiger partial charge is 0.586 e. The number of alkyl halides is 2. The van der Waals surface area contributed by atoms with Crippen molar-refractivity contribution in [3.05, 3.63) is 59.8 Å². The Labute approximate surface area is 184 Å². The smallest absolute Gasteiger partial charge is 0.395 e. The van der Waals surface area contributed by atoms with Crippen LogP contribution in [0.15, 0.2) is 48.5 Å². The zero-order valence-electron chi connectivity index (χ0n) is 16.5. The van der Waals surface area contributed by atoms with Crippen LogP contribution in [0, 0.1) is 0 Å². The molecule has 0 radical (unpaired) electrons. The van der Waals surface area contributed by atoms with Crippen molar-refractivity contribution in [3.63, 3.8) is 0 Å².